The summed E-state index contributed by atoms with van der Waals surface area (Å²) in [4.78, 5) is 12.8. The molecule has 0 atom stereocenters. The first-order valence-corrected chi connectivity index (χ1v) is 10.9. The first-order chi connectivity index (χ1) is 15.2. The minimum absolute atomic E-state index is 0.525. The quantitative estimate of drug-likeness (QED) is 0.249. The third-order valence-corrected chi connectivity index (χ3v) is 4.84. The number of rotatable bonds is 11. The predicted octanol–water partition coefficient (Wildman–Crippen LogP) is 3.58. The first-order valence-electron chi connectivity index (χ1n) is 10.9. The molecule has 0 bridgehead atoms. The number of fused-ring (bicyclic) bond motifs is 1. The fourth-order valence-corrected chi connectivity index (χ4v) is 3.25. The van der Waals surface area contributed by atoms with E-state index in [2.05, 4.69) is 52.6 Å². The maximum atomic E-state index is 5.88. The third kappa shape index (κ3) is 7.00. The maximum Gasteiger partial charge on any atom is 0.191 e. The number of aliphatic imine (C=N–C) groups is 1. The van der Waals surface area contributed by atoms with Gasteiger partial charge in [0.1, 0.15) is 18.2 Å². The summed E-state index contributed by atoms with van der Waals surface area (Å²) in [7, 11) is 1.67. The van der Waals surface area contributed by atoms with Crippen molar-refractivity contribution >= 4 is 17.0 Å². The van der Waals surface area contributed by atoms with Gasteiger partial charge in [-0.05, 0) is 44.0 Å². The van der Waals surface area contributed by atoms with Crippen LogP contribution in [-0.4, -0.2) is 49.3 Å². The van der Waals surface area contributed by atoms with E-state index in [1.54, 1.807) is 7.11 Å². The molecule has 1 aromatic heterocycles. The van der Waals surface area contributed by atoms with Gasteiger partial charge in [0.05, 0.1) is 24.2 Å². The highest BCUT2D eigenvalue weighted by molar-refractivity contribution is 5.79. The highest BCUT2D eigenvalue weighted by Crippen LogP contribution is 2.21. The van der Waals surface area contributed by atoms with Crippen molar-refractivity contribution in [1.29, 1.82) is 0 Å². The van der Waals surface area contributed by atoms with Crippen molar-refractivity contribution < 1.29 is 9.47 Å². The Kier molecular flexibility index (Phi) is 8.72. The van der Waals surface area contributed by atoms with Crippen molar-refractivity contribution in [2.45, 2.75) is 33.2 Å². The number of hydrogen-bond acceptors (Lipinski definition) is 4. The third-order valence-electron chi connectivity index (χ3n) is 4.84. The average Bonchev–Trinajstić information content (AvgIpc) is 3.19. The monoisotopic (exact) mass is 423 g/mol. The van der Waals surface area contributed by atoms with Crippen LogP contribution < -0.4 is 15.4 Å². The maximum absolute atomic E-state index is 5.88. The minimum atomic E-state index is 0.525. The van der Waals surface area contributed by atoms with Gasteiger partial charge in [0.25, 0.3) is 0 Å². The molecule has 3 rings (SSSR count). The molecule has 0 unspecified atom stereocenters. The van der Waals surface area contributed by atoms with Gasteiger partial charge in [0, 0.05) is 32.2 Å². The molecule has 3 N–H and O–H groups in total. The lowest BCUT2D eigenvalue weighted by molar-refractivity contribution is 0.145. The zero-order chi connectivity index (χ0) is 21.9. The molecule has 0 saturated carbocycles. The summed E-state index contributed by atoms with van der Waals surface area (Å²) >= 11 is 0. The lowest BCUT2D eigenvalue weighted by Gasteiger charge is -2.13. The van der Waals surface area contributed by atoms with Gasteiger partial charge in [-0.2, -0.15) is 0 Å². The van der Waals surface area contributed by atoms with E-state index in [1.807, 2.05) is 24.3 Å². The number of imidazole rings is 1. The largest absolute Gasteiger partial charge is 0.491 e. The molecule has 166 valence electrons. The standard InChI is InChI=1S/C24H33N5O2/c1-4-25-24(26-13-7-10-23-28-20-8-5-6-9-21(20)29-23)27-17-19-12-11-18(2)16-22(19)31-15-14-30-3/h5-6,8-9,11-12,16H,4,7,10,13-15,17H2,1-3H3,(H,28,29)(H2,25,26,27). The Bertz CT molecular complexity index is 950. The van der Waals surface area contributed by atoms with Crippen LogP contribution in [0.1, 0.15) is 30.3 Å². The van der Waals surface area contributed by atoms with Gasteiger partial charge in [-0.15, -0.1) is 0 Å². The van der Waals surface area contributed by atoms with Crippen LogP contribution in [0.4, 0.5) is 0 Å². The number of nitrogens with zero attached hydrogens (tertiary/aromatic N) is 2. The molecule has 0 aliphatic carbocycles. The summed E-state index contributed by atoms with van der Waals surface area (Å²) in [6.07, 6.45) is 1.84. The van der Waals surface area contributed by atoms with Gasteiger partial charge in [0.15, 0.2) is 5.96 Å². The normalized spacial score (nSPS) is 11.6. The Morgan fingerprint density at radius 1 is 1.13 bits per heavy atom. The molecule has 0 saturated heterocycles. The van der Waals surface area contributed by atoms with E-state index in [9.17, 15) is 0 Å². The van der Waals surface area contributed by atoms with E-state index in [1.165, 1.54) is 0 Å². The minimum Gasteiger partial charge on any atom is -0.491 e. The van der Waals surface area contributed by atoms with Gasteiger partial charge >= 0.3 is 0 Å². The number of benzene rings is 2. The van der Waals surface area contributed by atoms with Crippen LogP contribution in [0.2, 0.25) is 0 Å². The van der Waals surface area contributed by atoms with Crippen molar-refractivity contribution in [3.05, 3.63) is 59.4 Å². The molecule has 7 nitrogen and oxygen atoms in total. The molecule has 0 aliphatic rings. The molecule has 7 heteroatoms. The number of guanidine groups is 1. The van der Waals surface area contributed by atoms with Crippen LogP contribution in [0.5, 0.6) is 5.75 Å². The number of aryl methyl sites for hydroxylation is 2. The van der Waals surface area contributed by atoms with Crippen LogP contribution in [0.15, 0.2) is 47.5 Å². The summed E-state index contributed by atoms with van der Waals surface area (Å²) in [6.45, 7) is 7.37. The van der Waals surface area contributed by atoms with E-state index >= 15 is 0 Å². The predicted molar refractivity (Wildman–Crippen MR) is 126 cm³/mol. The second-order valence-corrected chi connectivity index (χ2v) is 7.38. The van der Waals surface area contributed by atoms with Crippen molar-refractivity contribution in [3.8, 4) is 5.75 Å². The summed E-state index contributed by atoms with van der Waals surface area (Å²) in [5, 5.41) is 6.73. The molecule has 31 heavy (non-hydrogen) atoms. The Hall–Kier alpha value is -3.06. The second kappa shape index (κ2) is 12.0. The molecule has 0 radical (unpaired) electrons. The first kappa shape index (κ1) is 22.6. The fourth-order valence-electron chi connectivity index (χ4n) is 3.25. The Balaban J connectivity index is 1.53. The number of hydrogen-bond donors (Lipinski definition) is 3. The van der Waals surface area contributed by atoms with E-state index in [4.69, 9.17) is 14.5 Å². The summed E-state index contributed by atoms with van der Waals surface area (Å²) in [6, 6.07) is 14.3. The van der Waals surface area contributed by atoms with Gasteiger partial charge in [-0.25, -0.2) is 9.98 Å². The molecule has 0 aliphatic heterocycles. The van der Waals surface area contributed by atoms with Crippen molar-refractivity contribution in [2.24, 2.45) is 4.99 Å². The molecule has 1 heterocycles. The molecular weight excluding hydrogens is 390 g/mol. The Morgan fingerprint density at radius 3 is 2.81 bits per heavy atom. The topological polar surface area (TPSA) is 83.6 Å². The summed E-state index contributed by atoms with van der Waals surface area (Å²) < 4.78 is 11.0. The average molecular weight is 424 g/mol. The molecule has 3 aromatic rings. The smallest absolute Gasteiger partial charge is 0.191 e. The highest BCUT2D eigenvalue weighted by atomic mass is 16.5. The van der Waals surface area contributed by atoms with E-state index < -0.39 is 0 Å². The van der Waals surface area contributed by atoms with Crippen LogP contribution in [-0.2, 0) is 17.7 Å². The van der Waals surface area contributed by atoms with E-state index in [0.717, 1.165) is 65.6 Å². The SMILES string of the molecule is CCNC(=NCc1ccc(C)cc1OCCOC)NCCCc1nc2ccccc2[nH]1. The van der Waals surface area contributed by atoms with Gasteiger partial charge in [0.2, 0.25) is 0 Å². The molecule has 0 fully saturated rings. The summed E-state index contributed by atoms with van der Waals surface area (Å²) in [5.41, 5.74) is 4.32. The number of methoxy groups -OCH3 is 1. The Labute approximate surface area is 184 Å². The van der Waals surface area contributed by atoms with Crippen molar-refractivity contribution in [1.82, 2.24) is 20.6 Å². The molecular formula is C24H33N5O2. The fraction of sp³-hybridized carbons (Fsp3) is 0.417. The van der Waals surface area contributed by atoms with Crippen LogP contribution in [0, 0.1) is 6.92 Å². The Morgan fingerprint density at radius 2 is 2.00 bits per heavy atom. The zero-order valence-electron chi connectivity index (χ0n) is 18.7. The number of nitrogens with one attached hydrogen (secondary N) is 3. The number of H-pyrrole nitrogens is 1. The van der Waals surface area contributed by atoms with E-state index in [0.29, 0.717) is 19.8 Å². The van der Waals surface area contributed by atoms with Crippen molar-refractivity contribution in [3.63, 3.8) is 0 Å². The highest BCUT2D eigenvalue weighted by Gasteiger charge is 2.06. The van der Waals surface area contributed by atoms with Crippen LogP contribution in [0.25, 0.3) is 11.0 Å². The van der Waals surface area contributed by atoms with E-state index in [-0.39, 0.29) is 0 Å². The van der Waals surface area contributed by atoms with Gasteiger partial charge in [-0.1, -0.05) is 24.3 Å². The van der Waals surface area contributed by atoms with Crippen molar-refractivity contribution in [2.75, 3.05) is 33.4 Å². The van der Waals surface area contributed by atoms with Gasteiger partial charge in [-0.3, -0.25) is 0 Å². The molecule has 0 amide bonds. The lowest BCUT2D eigenvalue weighted by Crippen LogP contribution is -2.37. The number of aromatic amines is 1. The molecule has 0 spiro atoms. The lowest BCUT2D eigenvalue weighted by atomic mass is 10.1. The summed E-state index contributed by atoms with van der Waals surface area (Å²) in [5.74, 6) is 2.68. The van der Waals surface area contributed by atoms with Gasteiger partial charge < -0.3 is 25.1 Å². The van der Waals surface area contributed by atoms with Crippen LogP contribution >= 0.6 is 0 Å². The van der Waals surface area contributed by atoms with Crippen LogP contribution in [0.3, 0.4) is 0 Å². The zero-order valence-corrected chi connectivity index (χ0v) is 18.7. The number of aromatic nitrogens is 2. The number of ether oxygens (including phenoxy) is 2. The molecule has 2 aromatic carbocycles. The second-order valence-electron chi connectivity index (χ2n) is 7.38. The number of para-hydroxylation sites is 2.